The van der Waals surface area contributed by atoms with Crippen LogP contribution in [0.4, 0.5) is 4.79 Å². The zero-order chi connectivity index (χ0) is 16.6. The third-order valence-electron chi connectivity index (χ3n) is 4.51. The molecule has 5 nitrogen and oxygen atoms in total. The second-order valence-corrected chi connectivity index (χ2v) is 8.77. The molecule has 0 N–H and O–H groups in total. The number of piperidine rings is 1. The number of carbonyl (C=O) groups excluding carboxylic acids is 2. The molecule has 0 aliphatic carbocycles. The number of thiophene rings is 1. The van der Waals surface area contributed by atoms with E-state index in [0.29, 0.717) is 19.7 Å². The molecule has 126 valence electrons. The molecular weight excluding hydrogens is 332 g/mol. The number of rotatable bonds is 3. The van der Waals surface area contributed by atoms with Gasteiger partial charge in [-0.1, -0.05) is 0 Å². The van der Waals surface area contributed by atoms with Gasteiger partial charge in [-0.2, -0.15) is 0 Å². The summed E-state index contributed by atoms with van der Waals surface area (Å²) in [5.41, 5.74) is -0.255. The van der Waals surface area contributed by atoms with Crippen molar-refractivity contribution in [3.05, 3.63) is 17.0 Å². The van der Waals surface area contributed by atoms with Crippen LogP contribution in [0.2, 0.25) is 0 Å². The first kappa shape index (κ1) is 16.6. The molecule has 23 heavy (non-hydrogen) atoms. The summed E-state index contributed by atoms with van der Waals surface area (Å²) in [5.74, 6) is 0.108. The van der Waals surface area contributed by atoms with Gasteiger partial charge in [0, 0.05) is 19.1 Å². The van der Waals surface area contributed by atoms with Crippen molar-refractivity contribution in [3.63, 3.8) is 0 Å². The Morgan fingerprint density at radius 3 is 2.57 bits per heavy atom. The van der Waals surface area contributed by atoms with Crippen LogP contribution in [0.5, 0.6) is 0 Å². The number of carbonyl (C=O) groups is 2. The van der Waals surface area contributed by atoms with Gasteiger partial charge < -0.3 is 9.64 Å². The largest absolute Gasteiger partial charge is 0.447 e. The van der Waals surface area contributed by atoms with Crippen molar-refractivity contribution in [2.75, 3.05) is 26.0 Å². The first-order valence-corrected chi connectivity index (χ1v) is 9.86. The lowest BCUT2D eigenvalue weighted by Gasteiger charge is -2.40. The Bertz CT molecular complexity index is 606. The molecule has 2 aliphatic rings. The molecule has 0 atom stereocenters. The molecule has 0 unspecified atom stereocenters. The van der Waals surface area contributed by atoms with E-state index in [1.165, 1.54) is 0 Å². The lowest BCUT2D eigenvalue weighted by molar-refractivity contribution is 0.0593. The Kier molecular flexibility index (Phi) is 4.60. The second-order valence-electron chi connectivity index (χ2n) is 6.58. The molecular formula is C16H22N2O3S2. The van der Waals surface area contributed by atoms with Gasteiger partial charge in [-0.05, 0) is 45.1 Å². The quantitative estimate of drug-likeness (QED) is 0.782. The summed E-state index contributed by atoms with van der Waals surface area (Å²) in [7, 11) is 0. The van der Waals surface area contributed by atoms with Gasteiger partial charge in [0.2, 0.25) is 0 Å². The minimum Gasteiger partial charge on any atom is -0.447 e. The molecule has 1 aromatic rings. The van der Waals surface area contributed by atoms with Gasteiger partial charge in [0.25, 0.3) is 5.91 Å². The summed E-state index contributed by atoms with van der Waals surface area (Å²) in [6, 6.07) is 4.07. The van der Waals surface area contributed by atoms with E-state index in [-0.39, 0.29) is 23.6 Å². The first-order chi connectivity index (χ1) is 10.9. The molecule has 0 bridgehead atoms. The van der Waals surface area contributed by atoms with Gasteiger partial charge in [-0.3, -0.25) is 9.69 Å². The van der Waals surface area contributed by atoms with E-state index in [1.54, 1.807) is 23.1 Å². The second kappa shape index (κ2) is 6.36. The molecule has 1 aromatic heterocycles. The van der Waals surface area contributed by atoms with Crippen LogP contribution in [-0.2, 0) is 4.74 Å². The van der Waals surface area contributed by atoms with Gasteiger partial charge >= 0.3 is 6.09 Å². The number of cyclic esters (lactones) is 1. The molecule has 2 saturated heterocycles. The number of ether oxygens (including phenoxy) is 1. The van der Waals surface area contributed by atoms with E-state index in [4.69, 9.17) is 4.74 Å². The molecule has 3 rings (SSSR count). The van der Waals surface area contributed by atoms with Crippen molar-refractivity contribution < 1.29 is 14.3 Å². The van der Waals surface area contributed by atoms with Crippen LogP contribution in [0.3, 0.4) is 0 Å². The topological polar surface area (TPSA) is 49.9 Å². The van der Waals surface area contributed by atoms with E-state index < -0.39 is 0 Å². The summed E-state index contributed by atoms with van der Waals surface area (Å²) in [6.07, 6.45) is 3.42. The Hall–Kier alpha value is -1.21. The highest BCUT2D eigenvalue weighted by Gasteiger charge is 2.44. The van der Waals surface area contributed by atoms with Crippen molar-refractivity contribution in [3.8, 4) is 0 Å². The fourth-order valence-corrected chi connectivity index (χ4v) is 4.81. The van der Waals surface area contributed by atoms with Crippen molar-refractivity contribution >= 4 is 35.1 Å². The molecule has 2 fully saturated rings. The highest BCUT2D eigenvalue weighted by atomic mass is 32.2. The predicted molar refractivity (Wildman–Crippen MR) is 92.3 cm³/mol. The van der Waals surface area contributed by atoms with Crippen molar-refractivity contribution in [1.82, 2.24) is 9.80 Å². The van der Waals surface area contributed by atoms with Crippen LogP contribution in [0, 0.1) is 0 Å². The fourth-order valence-electron chi connectivity index (χ4n) is 3.30. The van der Waals surface area contributed by atoms with Gasteiger partial charge in [0.05, 0.1) is 14.6 Å². The number of hydrogen-bond acceptors (Lipinski definition) is 5. The minimum absolute atomic E-state index is 0.108. The highest BCUT2D eigenvalue weighted by molar-refractivity contribution is 8.00. The summed E-state index contributed by atoms with van der Waals surface area (Å²) >= 11 is 3.21. The van der Waals surface area contributed by atoms with E-state index in [1.807, 2.05) is 42.0 Å². The first-order valence-electron chi connectivity index (χ1n) is 7.81. The normalized spacial score (nSPS) is 21.6. The third-order valence-corrected chi connectivity index (χ3v) is 6.66. The Morgan fingerprint density at radius 1 is 1.35 bits per heavy atom. The van der Waals surface area contributed by atoms with Gasteiger partial charge in [-0.15, -0.1) is 23.1 Å². The third kappa shape index (κ3) is 3.21. The average Bonchev–Trinajstić information content (AvgIpc) is 3.11. The maximum atomic E-state index is 12.6. The molecule has 7 heteroatoms. The Labute approximate surface area is 145 Å². The lowest BCUT2D eigenvalue weighted by atomic mass is 9.97. The molecule has 0 aromatic carbocycles. The Morgan fingerprint density at radius 2 is 2.04 bits per heavy atom. The van der Waals surface area contributed by atoms with E-state index in [0.717, 1.165) is 21.9 Å². The van der Waals surface area contributed by atoms with Crippen LogP contribution < -0.4 is 0 Å². The molecule has 0 spiro atoms. The fraction of sp³-hybridized carbons (Fsp3) is 0.625. The van der Waals surface area contributed by atoms with Crippen molar-refractivity contribution in [2.45, 2.75) is 42.5 Å². The van der Waals surface area contributed by atoms with Crippen LogP contribution in [0.1, 0.15) is 36.4 Å². The van der Waals surface area contributed by atoms with E-state index in [9.17, 15) is 9.59 Å². The molecule has 3 heterocycles. The monoisotopic (exact) mass is 354 g/mol. The zero-order valence-electron chi connectivity index (χ0n) is 13.7. The number of nitrogens with zero attached hydrogens (tertiary/aromatic N) is 2. The Balaban J connectivity index is 1.62. The van der Waals surface area contributed by atoms with Crippen LogP contribution in [-0.4, -0.2) is 59.3 Å². The van der Waals surface area contributed by atoms with Crippen molar-refractivity contribution in [1.29, 1.82) is 0 Å². The zero-order valence-corrected chi connectivity index (χ0v) is 15.3. The van der Waals surface area contributed by atoms with Gasteiger partial charge in [-0.25, -0.2) is 4.79 Å². The molecule has 2 amide bonds. The smallest absolute Gasteiger partial charge is 0.410 e. The van der Waals surface area contributed by atoms with Gasteiger partial charge in [0.1, 0.15) is 6.61 Å². The molecule has 0 saturated carbocycles. The maximum absolute atomic E-state index is 12.6. The summed E-state index contributed by atoms with van der Waals surface area (Å²) < 4.78 is 6.36. The lowest BCUT2D eigenvalue weighted by Crippen LogP contribution is -2.53. The predicted octanol–water partition coefficient (Wildman–Crippen LogP) is 3.31. The molecule has 0 radical (unpaired) electrons. The van der Waals surface area contributed by atoms with Crippen LogP contribution >= 0.6 is 23.1 Å². The number of thioether (sulfide) groups is 1. The van der Waals surface area contributed by atoms with Crippen LogP contribution in [0.25, 0.3) is 0 Å². The molecule has 2 aliphatic heterocycles. The number of amides is 2. The van der Waals surface area contributed by atoms with Crippen molar-refractivity contribution in [2.24, 2.45) is 0 Å². The standard InChI is InChI=1S/C16H22N2O3S2/c1-16(2)10-21-15(20)18(16)11-6-8-17(9-7-11)14(19)12-4-5-13(22-3)23-12/h4-5,11H,6-10H2,1-3H3. The summed E-state index contributed by atoms with van der Waals surface area (Å²) in [4.78, 5) is 29.1. The summed E-state index contributed by atoms with van der Waals surface area (Å²) in [5, 5.41) is 0. The summed E-state index contributed by atoms with van der Waals surface area (Å²) in [6.45, 7) is 5.89. The van der Waals surface area contributed by atoms with Crippen LogP contribution in [0.15, 0.2) is 16.3 Å². The highest BCUT2D eigenvalue weighted by Crippen LogP contribution is 2.31. The SMILES string of the molecule is CSc1ccc(C(=O)N2CCC(N3C(=O)OCC3(C)C)CC2)s1. The van der Waals surface area contributed by atoms with Gasteiger partial charge in [0.15, 0.2) is 0 Å². The average molecular weight is 354 g/mol. The maximum Gasteiger partial charge on any atom is 0.410 e. The number of likely N-dealkylation sites (tertiary alicyclic amines) is 1. The van der Waals surface area contributed by atoms with E-state index >= 15 is 0 Å². The van der Waals surface area contributed by atoms with E-state index in [2.05, 4.69) is 0 Å². The minimum atomic E-state index is -0.255. The number of hydrogen-bond donors (Lipinski definition) is 0.